The van der Waals surface area contributed by atoms with Crippen molar-refractivity contribution >= 4 is 17.4 Å². The molecule has 0 saturated carbocycles. The Kier molecular flexibility index (Phi) is 4.57. The van der Waals surface area contributed by atoms with Crippen molar-refractivity contribution in [2.75, 3.05) is 30.0 Å². The van der Waals surface area contributed by atoms with E-state index in [0.717, 1.165) is 12.1 Å². The minimum atomic E-state index is -4.45. The molecule has 0 atom stereocenters. The van der Waals surface area contributed by atoms with E-state index in [4.69, 9.17) is 4.74 Å². The molecule has 1 saturated heterocycles. The molecule has 1 fully saturated rings. The maximum absolute atomic E-state index is 12.9. The molecular formula is C18H17F3N2O2. The molecule has 0 unspecified atom stereocenters. The van der Waals surface area contributed by atoms with Crippen molar-refractivity contribution in [3.05, 3.63) is 54.1 Å². The van der Waals surface area contributed by atoms with Crippen molar-refractivity contribution in [1.82, 2.24) is 0 Å². The molecule has 2 amide bonds. The highest BCUT2D eigenvalue weighted by molar-refractivity contribution is 6.05. The van der Waals surface area contributed by atoms with E-state index in [0.29, 0.717) is 30.9 Å². The number of nitrogens with zero attached hydrogens (tertiary/aromatic N) is 2. The van der Waals surface area contributed by atoms with Crippen LogP contribution in [0.15, 0.2) is 48.5 Å². The number of anilines is 2. The van der Waals surface area contributed by atoms with Crippen molar-refractivity contribution in [1.29, 1.82) is 0 Å². The first kappa shape index (κ1) is 17.1. The number of carbonyl (C=O) groups excluding carboxylic acids is 1. The molecule has 0 bridgehead atoms. The molecule has 3 rings (SSSR count). The van der Waals surface area contributed by atoms with Gasteiger partial charge in [-0.15, -0.1) is 0 Å². The lowest BCUT2D eigenvalue weighted by atomic mass is 10.1. The monoisotopic (exact) mass is 350 g/mol. The number of para-hydroxylation sites is 2. The van der Waals surface area contributed by atoms with Gasteiger partial charge in [0.1, 0.15) is 5.75 Å². The van der Waals surface area contributed by atoms with Crippen molar-refractivity contribution in [2.45, 2.75) is 12.6 Å². The van der Waals surface area contributed by atoms with Gasteiger partial charge in [0.2, 0.25) is 0 Å². The maximum atomic E-state index is 12.9. The van der Waals surface area contributed by atoms with E-state index in [2.05, 4.69) is 0 Å². The van der Waals surface area contributed by atoms with Gasteiger partial charge in [-0.05, 0) is 36.8 Å². The van der Waals surface area contributed by atoms with Gasteiger partial charge in [0.05, 0.1) is 18.4 Å². The van der Waals surface area contributed by atoms with Crippen LogP contribution in [0.4, 0.5) is 29.3 Å². The molecule has 0 aromatic heterocycles. The maximum Gasteiger partial charge on any atom is 0.416 e. The fourth-order valence-corrected chi connectivity index (χ4v) is 2.89. The summed E-state index contributed by atoms with van der Waals surface area (Å²) < 4.78 is 44.1. The Labute approximate surface area is 143 Å². The fraction of sp³-hybridized carbons (Fsp3) is 0.278. The van der Waals surface area contributed by atoms with E-state index < -0.39 is 11.7 Å². The van der Waals surface area contributed by atoms with E-state index in [1.165, 1.54) is 29.0 Å². The minimum absolute atomic E-state index is 0.236. The fourth-order valence-electron chi connectivity index (χ4n) is 2.89. The number of halogens is 3. The molecule has 132 valence electrons. The van der Waals surface area contributed by atoms with Crippen molar-refractivity contribution in [3.8, 4) is 5.75 Å². The lowest BCUT2D eigenvalue weighted by Crippen LogP contribution is -2.49. The van der Waals surface area contributed by atoms with Gasteiger partial charge in [-0.3, -0.25) is 9.80 Å². The Balaban J connectivity index is 1.93. The summed E-state index contributed by atoms with van der Waals surface area (Å²) in [6.45, 7) is 0.848. The highest BCUT2D eigenvalue weighted by Crippen LogP contribution is 2.34. The van der Waals surface area contributed by atoms with E-state index in [9.17, 15) is 18.0 Å². The Hall–Kier alpha value is -2.70. The Morgan fingerprint density at radius 2 is 1.72 bits per heavy atom. The van der Waals surface area contributed by atoms with Gasteiger partial charge in [0.25, 0.3) is 0 Å². The minimum Gasteiger partial charge on any atom is -0.495 e. The second-order valence-electron chi connectivity index (χ2n) is 5.66. The van der Waals surface area contributed by atoms with Crippen LogP contribution >= 0.6 is 0 Å². The first-order valence-electron chi connectivity index (χ1n) is 7.81. The number of hydrogen-bond donors (Lipinski definition) is 0. The number of alkyl halides is 3. The average molecular weight is 350 g/mol. The third-order valence-electron chi connectivity index (χ3n) is 4.09. The third-order valence-corrected chi connectivity index (χ3v) is 4.09. The van der Waals surface area contributed by atoms with E-state index in [1.807, 2.05) is 0 Å². The van der Waals surface area contributed by atoms with Gasteiger partial charge in [-0.1, -0.05) is 18.2 Å². The van der Waals surface area contributed by atoms with Gasteiger partial charge < -0.3 is 4.74 Å². The highest BCUT2D eigenvalue weighted by atomic mass is 19.4. The van der Waals surface area contributed by atoms with Crippen molar-refractivity contribution in [2.24, 2.45) is 0 Å². The van der Waals surface area contributed by atoms with Crippen LogP contribution in [-0.2, 0) is 6.18 Å². The van der Waals surface area contributed by atoms with E-state index >= 15 is 0 Å². The summed E-state index contributed by atoms with van der Waals surface area (Å²) in [6.07, 6.45) is -3.81. The van der Waals surface area contributed by atoms with Crippen molar-refractivity contribution in [3.63, 3.8) is 0 Å². The number of hydrogen-bond acceptors (Lipinski definition) is 2. The van der Waals surface area contributed by atoms with Crippen LogP contribution in [-0.4, -0.2) is 26.2 Å². The summed E-state index contributed by atoms with van der Waals surface area (Å²) in [5.41, 5.74) is 0.0679. The number of carbonyl (C=O) groups is 1. The van der Waals surface area contributed by atoms with Crippen LogP contribution in [0.1, 0.15) is 12.0 Å². The van der Waals surface area contributed by atoms with E-state index in [1.54, 1.807) is 24.3 Å². The molecule has 1 aliphatic rings. The molecule has 1 heterocycles. The lowest BCUT2D eigenvalue weighted by Gasteiger charge is -2.36. The molecular weight excluding hydrogens is 333 g/mol. The molecule has 25 heavy (non-hydrogen) atoms. The van der Waals surface area contributed by atoms with Gasteiger partial charge >= 0.3 is 12.2 Å². The first-order valence-corrected chi connectivity index (χ1v) is 7.81. The number of benzene rings is 2. The molecule has 0 N–H and O–H groups in total. The summed E-state index contributed by atoms with van der Waals surface area (Å²) in [6, 6.07) is 11.5. The summed E-state index contributed by atoms with van der Waals surface area (Å²) in [4.78, 5) is 15.8. The van der Waals surface area contributed by atoms with Crippen molar-refractivity contribution < 1.29 is 22.7 Å². The highest BCUT2D eigenvalue weighted by Gasteiger charge is 2.33. The summed E-state index contributed by atoms with van der Waals surface area (Å²) in [5.74, 6) is 0.543. The zero-order valence-electron chi connectivity index (χ0n) is 13.6. The SMILES string of the molecule is COc1ccccc1N1CCCN(c2cccc(C(F)(F)F)c2)C1=O. The zero-order chi connectivity index (χ0) is 18.0. The predicted molar refractivity (Wildman–Crippen MR) is 89.1 cm³/mol. The number of methoxy groups -OCH3 is 1. The Bertz CT molecular complexity index is 777. The molecule has 7 heteroatoms. The second kappa shape index (κ2) is 6.66. The number of urea groups is 1. The topological polar surface area (TPSA) is 32.8 Å². The average Bonchev–Trinajstić information content (AvgIpc) is 2.61. The number of rotatable bonds is 3. The molecule has 1 aliphatic heterocycles. The first-order chi connectivity index (χ1) is 11.9. The van der Waals surface area contributed by atoms with Gasteiger partial charge in [0.15, 0.2) is 0 Å². The van der Waals surface area contributed by atoms with Crippen LogP contribution < -0.4 is 14.5 Å². The summed E-state index contributed by atoms with van der Waals surface area (Å²) in [5, 5.41) is 0. The number of ether oxygens (including phenoxy) is 1. The molecule has 0 aliphatic carbocycles. The lowest BCUT2D eigenvalue weighted by molar-refractivity contribution is -0.137. The van der Waals surface area contributed by atoms with Crippen LogP contribution in [0.3, 0.4) is 0 Å². The Morgan fingerprint density at radius 3 is 2.44 bits per heavy atom. The summed E-state index contributed by atoms with van der Waals surface area (Å²) in [7, 11) is 1.51. The van der Waals surface area contributed by atoms with Gasteiger partial charge in [-0.2, -0.15) is 13.2 Å². The normalized spacial score (nSPS) is 15.4. The number of amides is 2. The second-order valence-corrected chi connectivity index (χ2v) is 5.66. The smallest absolute Gasteiger partial charge is 0.416 e. The molecule has 2 aromatic carbocycles. The largest absolute Gasteiger partial charge is 0.495 e. The summed E-state index contributed by atoms with van der Waals surface area (Å²) >= 11 is 0. The van der Waals surface area contributed by atoms with Crippen LogP contribution in [0.2, 0.25) is 0 Å². The van der Waals surface area contributed by atoms with Crippen LogP contribution in [0, 0.1) is 0 Å². The van der Waals surface area contributed by atoms with E-state index in [-0.39, 0.29) is 11.7 Å². The van der Waals surface area contributed by atoms with Gasteiger partial charge in [-0.25, -0.2) is 4.79 Å². The third kappa shape index (κ3) is 3.40. The molecule has 0 spiro atoms. The van der Waals surface area contributed by atoms with Crippen LogP contribution in [0.5, 0.6) is 5.75 Å². The molecule has 4 nitrogen and oxygen atoms in total. The standard InChI is InChI=1S/C18H17F3N2O2/c1-25-16-9-3-2-8-15(16)23-11-5-10-22(17(23)24)14-7-4-6-13(12-14)18(19,20)21/h2-4,6-9,12H,5,10-11H2,1H3. The quantitative estimate of drug-likeness (QED) is 0.813. The molecule has 0 radical (unpaired) electrons. The zero-order valence-corrected chi connectivity index (χ0v) is 13.6. The van der Waals surface area contributed by atoms with Gasteiger partial charge in [0, 0.05) is 18.8 Å². The molecule has 2 aromatic rings. The predicted octanol–water partition coefficient (Wildman–Crippen LogP) is 4.55. The van der Waals surface area contributed by atoms with Crippen LogP contribution in [0.25, 0.3) is 0 Å². The Morgan fingerprint density at radius 1 is 1.00 bits per heavy atom.